The van der Waals surface area contributed by atoms with Crippen LogP contribution in [0.3, 0.4) is 0 Å². The molecule has 1 aliphatic heterocycles. The third-order valence-electron chi connectivity index (χ3n) is 6.26. The highest BCUT2D eigenvalue weighted by Crippen LogP contribution is 2.40. The average molecular weight is 610 g/mol. The zero-order valence-electron chi connectivity index (χ0n) is 25.5. The van der Waals surface area contributed by atoms with E-state index in [-0.39, 0.29) is 35.2 Å². The van der Waals surface area contributed by atoms with Gasteiger partial charge in [0.15, 0.2) is 17.2 Å². The standard InChI is InChI=1S/C27H37N5O4.C2HF3O2/c1-9-35-21-13-17-14-32(25(28)22(17)30-23(21)26(34)29-6)15-20(33)16-11-18(27(3,4)5)24(36-10-2)19(12-16)31(7)8;3-2(4,5)1(6)7/h11-13,28H,9-10,14-15H2,1-8H3,(H,29,34);(H,6,7). The second-order valence-corrected chi connectivity index (χ2v) is 10.7. The number of nitrogens with one attached hydrogen (secondary N) is 2. The van der Waals surface area contributed by atoms with E-state index >= 15 is 0 Å². The van der Waals surface area contributed by atoms with E-state index in [9.17, 15) is 22.8 Å². The molecule has 0 saturated heterocycles. The highest BCUT2D eigenvalue weighted by atomic mass is 19.4. The van der Waals surface area contributed by atoms with Crippen molar-refractivity contribution in [1.29, 1.82) is 5.41 Å². The second kappa shape index (κ2) is 13.7. The van der Waals surface area contributed by atoms with Gasteiger partial charge < -0.3 is 29.7 Å². The quantitative estimate of drug-likeness (QED) is 0.355. The Bertz CT molecular complexity index is 1390. The number of carboxylic acids is 1. The molecule has 0 unspecified atom stereocenters. The van der Waals surface area contributed by atoms with Crippen molar-refractivity contribution in [2.24, 2.45) is 0 Å². The SMILES string of the molecule is CCOc1cc2c(nc1C(=O)NC)C(=N)N(CC(=O)c1cc(N(C)C)c(OCC)c(C(C)(C)C)c1)C2.O=C(O)C(F)(F)F. The van der Waals surface area contributed by atoms with E-state index in [1.807, 2.05) is 45.0 Å². The van der Waals surface area contributed by atoms with Crippen molar-refractivity contribution in [1.82, 2.24) is 15.2 Å². The summed E-state index contributed by atoms with van der Waals surface area (Å²) < 4.78 is 43.4. The molecule has 236 valence electrons. The molecular formula is C29H38F3N5O6. The number of pyridine rings is 1. The molecule has 3 rings (SSSR count). The molecule has 1 aromatic heterocycles. The first-order chi connectivity index (χ1) is 19.9. The molecule has 11 nitrogen and oxygen atoms in total. The lowest BCUT2D eigenvalue weighted by atomic mass is 9.84. The molecule has 1 amide bonds. The Kier molecular flexibility index (Phi) is 11.1. The summed E-state index contributed by atoms with van der Waals surface area (Å²) in [6, 6.07) is 5.50. The maximum atomic E-state index is 13.5. The highest BCUT2D eigenvalue weighted by molar-refractivity contribution is 6.06. The van der Waals surface area contributed by atoms with Gasteiger partial charge in [0, 0.05) is 44.4 Å². The van der Waals surface area contributed by atoms with Crippen LogP contribution in [0, 0.1) is 5.41 Å². The van der Waals surface area contributed by atoms with Gasteiger partial charge in [-0.05, 0) is 37.5 Å². The number of ketones is 1. The summed E-state index contributed by atoms with van der Waals surface area (Å²) in [4.78, 5) is 42.8. The zero-order chi connectivity index (χ0) is 32.9. The lowest BCUT2D eigenvalue weighted by Gasteiger charge is -2.28. The topological polar surface area (TPSA) is 145 Å². The van der Waals surface area contributed by atoms with Crippen molar-refractivity contribution in [3.05, 3.63) is 46.3 Å². The molecular weight excluding hydrogens is 571 g/mol. The number of hydrogen-bond acceptors (Lipinski definition) is 8. The van der Waals surface area contributed by atoms with E-state index in [0.717, 1.165) is 22.6 Å². The molecule has 14 heteroatoms. The number of benzene rings is 1. The van der Waals surface area contributed by atoms with Gasteiger partial charge in [-0.25, -0.2) is 9.78 Å². The van der Waals surface area contributed by atoms with Crippen LogP contribution in [-0.4, -0.2) is 85.6 Å². The first-order valence-electron chi connectivity index (χ1n) is 13.4. The fourth-order valence-electron chi connectivity index (χ4n) is 4.20. The number of amides is 1. The van der Waals surface area contributed by atoms with Gasteiger partial charge in [-0.15, -0.1) is 0 Å². The maximum Gasteiger partial charge on any atom is 0.490 e. The van der Waals surface area contributed by atoms with Gasteiger partial charge in [0.2, 0.25) is 0 Å². The summed E-state index contributed by atoms with van der Waals surface area (Å²) >= 11 is 0. The molecule has 0 bridgehead atoms. The van der Waals surface area contributed by atoms with Crippen LogP contribution in [-0.2, 0) is 16.8 Å². The minimum atomic E-state index is -5.08. The predicted octanol–water partition coefficient (Wildman–Crippen LogP) is 4.26. The molecule has 0 atom stereocenters. The van der Waals surface area contributed by atoms with E-state index in [1.165, 1.54) is 7.05 Å². The third kappa shape index (κ3) is 8.36. The monoisotopic (exact) mass is 609 g/mol. The fraction of sp³-hybridized carbons (Fsp3) is 0.483. The van der Waals surface area contributed by atoms with Gasteiger partial charge >= 0.3 is 12.1 Å². The van der Waals surface area contributed by atoms with E-state index in [1.54, 1.807) is 11.0 Å². The number of alkyl halides is 3. The van der Waals surface area contributed by atoms with Gasteiger partial charge in [0.25, 0.3) is 5.91 Å². The number of anilines is 1. The molecule has 0 fully saturated rings. The van der Waals surface area contributed by atoms with Crippen molar-refractivity contribution >= 4 is 29.2 Å². The molecule has 2 aromatic rings. The number of hydrogen-bond donors (Lipinski definition) is 3. The van der Waals surface area contributed by atoms with Crippen molar-refractivity contribution < 1.29 is 42.1 Å². The van der Waals surface area contributed by atoms with E-state index in [0.29, 0.717) is 36.8 Å². The lowest BCUT2D eigenvalue weighted by molar-refractivity contribution is -0.192. The molecule has 1 aliphatic rings. The summed E-state index contributed by atoms with van der Waals surface area (Å²) in [5.41, 5.74) is 3.39. The summed E-state index contributed by atoms with van der Waals surface area (Å²) in [5, 5.41) is 18.3. The Labute approximate surface area is 248 Å². The Balaban J connectivity index is 0.000000821. The van der Waals surface area contributed by atoms with E-state index in [4.69, 9.17) is 24.8 Å². The van der Waals surface area contributed by atoms with Crippen LogP contribution in [0.1, 0.15) is 72.3 Å². The number of fused-ring (bicyclic) bond motifs is 1. The van der Waals surface area contributed by atoms with Crippen LogP contribution in [0.15, 0.2) is 18.2 Å². The Morgan fingerprint density at radius 2 is 1.67 bits per heavy atom. The Morgan fingerprint density at radius 1 is 1.09 bits per heavy atom. The number of Topliss-reactive ketones (excluding diaryl/α,β-unsaturated/α-hetero) is 1. The molecule has 1 aromatic carbocycles. The number of aromatic nitrogens is 1. The number of nitrogens with zero attached hydrogens (tertiary/aromatic N) is 3. The molecule has 0 saturated carbocycles. The average Bonchev–Trinajstić information content (AvgIpc) is 3.20. The summed E-state index contributed by atoms with van der Waals surface area (Å²) in [7, 11) is 5.38. The normalized spacial score (nSPS) is 12.6. The number of halogens is 3. The van der Waals surface area contributed by atoms with Crippen molar-refractivity contribution in [3.63, 3.8) is 0 Å². The maximum absolute atomic E-state index is 13.5. The van der Waals surface area contributed by atoms with Crippen molar-refractivity contribution in [3.8, 4) is 11.5 Å². The first-order valence-corrected chi connectivity index (χ1v) is 13.4. The Hall–Kier alpha value is -4.36. The molecule has 0 spiro atoms. The lowest BCUT2D eigenvalue weighted by Crippen LogP contribution is -2.31. The molecule has 2 heterocycles. The molecule has 43 heavy (non-hydrogen) atoms. The molecule has 3 N–H and O–H groups in total. The van der Waals surface area contributed by atoms with Gasteiger partial charge in [-0.1, -0.05) is 20.8 Å². The van der Waals surface area contributed by atoms with Crippen LogP contribution in [0.2, 0.25) is 0 Å². The van der Waals surface area contributed by atoms with Gasteiger partial charge in [0.05, 0.1) is 25.4 Å². The summed E-state index contributed by atoms with van der Waals surface area (Å²) in [6.07, 6.45) is -5.08. The van der Waals surface area contributed by atoms with E-state index < -0.39 is 12.1 Å². The largest absolute Gasteiger partial charge is 0.491 e. The number of carbonyl (C=O) groups is 3. The van der Waals surface area contributed by atoms with Crippen LogP contribution in [0.4, 0.5) is 18.9 Å². The van der Waals surface area contributed by atoms with Gasteiger partial charge in [0.1, 0.15) is 17.3 Å². The number of amidine groups is 1. The minimum absolute atomic E-state index is 0.0128. The van der Waals surface area contributed by atoms with Crippen molar-refractivity contribution in [2.45, 2.75) is 52.8 Å². The van der Waals surface area contributed by atoms with Gasteiger partial charge in [-0.2, -0.15) is 13.2 Å². The summed E-state index contributed by atoms with van der Waals surface area (Å²) in [5.74, 6) is -1.99. The van der Waals surface area contributed by atoms with E-state index in [2.05, 4.69) is 31.1 Å². The molecule has 0 radical (unpaired) electrons. The molecule has 0 aliphatic carbocycles. The number of aliphatic carboxylic acids is 1. The number of rotatable bonds is 9. The third-order valence-corrected chi connectivity index (χ3v) is 6.26. The number of carboxylic acid groups (broad SMARTS) is 1. The predicted molar refractivity (Wildman–Crippen MR) is 155 cm³/mol. The summed E-state index contributed by atoms with van der Waals surface area (Å²) in [6.45, 7) is 11.3. The van der Waals surface area contributed by atoms with Crippen molar-refractivity contribution in [2.75, 3.05) is 45.8 Å². The number of ether oxygens (including phenoxy) is 2. The smallest absolute Gasteiger partial charge is 0.490 e. The fourth-order valence-corrected chi connectivity index (χ4v) is 4.20. The zero-order valence-corrected chi connectivity index (χ0v) is 25.5. The van der Waals surface area contributed by atoms with Crippen LogP contribution in [0.5, 0.6) is 11.5 Å². The second-order valence-electron chi connectivity index (χ2n) is 10.7. The first kappa shape index (κ1) is 34.8. The minimum Gasteiger partial charge on any atom is -0.491 e. The van der Waals surface area contributed by atoms with Crippen LogP contribution < -0.4 is 19.7 Å². The Morgan fingerprint density at radius 3 is 2.14 bits per heavy atom. The van der Waals surface area contributed by atoms with Gasteiger partial charge in [-0.3, -0.25) is 15.0 Å². The van der Waals surface area contributed by atoms with Crippen LogP contribution in [0.25, 0.3) is 0 Å². The van der Waals surface area contributed by atoms with Crippen LogP contribution >= 0.6 is 0 Å². The number of carbonyl (C=O) groups excluding carboxylic acids is 2. The highest BCUT2D eigenvalue weighted by Gasteiger charge is 2.38.